The van der Waals surface area contributed by atoms with Crippen molar-refractivity contribution in [3.63, 3.8) is 0 Å². The molecule has 0 bridgehead atoms. The molecule has 108 valence electrons. The Bertz CT molecular complexity index is 753. The molecule has 4 heteroatoms. The number of benzene rings is 2. The van der Waals surface area contributed by atoms with Crippen molar-refractivity contribution in [2.75, 3.05) is 6.54 Å². The van der Waals surface area contributed by atoms with E-state index >= 15 is 0 Å². The number of furan rings is 1. The van der Waals surface area contributed by atoms with Crippen molar-refractivity contribution in [1.82, 2.24) is 5.32 Å². The highest BCUT2D eigenvalue weighted by atomic mass is 35.5. The lowest BCUT2D eigenvalue weighted by molar-refractivity contribution is 0.591. The van der Waals surface area contributed by atoms with Gasteiger partial charge in [-0.05, 0) is 42.3 Å². The van der Waals surface area contributed by atoms with E-state index in [4.69, 9.17) is 16.0 Å². The Labute approximate surface area is 127 Å². The van der Waals surface area contributed by atoms with Gasteiger partial charge in [-0.15, -0.1) is 0 Å². The predicted octanol–water partition coefficient (Wildman–Crippen LogP) is 4.56. The molecule has 1 heterocycles. The lowest BCUT2D eigenvalue weighted by Crippen LogP contribution is -2.17. The van der Waals surface area contributed by atoms with E-state index in [1.807, 2.05) is 30.3 Å². The molecule has 3 aromatic rings. The Balaban J connectivity index is 1.62. The number of fused-ring (bicyclic) bond motifs is 1. The molecule has 0 saturated carbocycles. The number of rotatable bonds is 5. The third-order valence-electron chi connectivity index (χ3n) is 3.48. The maximum absolute atomic E-state index is 13.5. The van der Waals surface area contributed by atoms with Gasteiger partial charge in [0.15, 0.2) is 5.22 Å². The molecule has 0 aliphatic heterocycles. The topological polar surface area (TPSA) is 25.2 Å². The molecule has 0 aliphatic rings. The van der Waals surface area contributed by atoms with E-state index in [1.54, 1.807) is 12.1 Å². The zero-order valence-corrected chi connectivity index (χ0v) is 12.2. The monoisotopic (exact) mass is 303 g/mol. The SMILES string of the molecule is Fc1ccccc1CCNCc1c(Cl)oc2ccccc12. The lowest BCUT2D eigenvalue weighted by atomic mass is 10.1. The van der Waals surface area contributed by atoms with E-state index in [1.165, 1.54) is 6.07 Å². The van der Waals surface area contributed by atoms with Crippen molar-refractivity contribution in [3.8, 4) is 0 Å². The second-order valence-corrected chi connectivity index (χ2v) is 5.21. The number of hydrogen-bond acceptors (Lipinski definition) is 2. The van der Waals surface area contributed by atoms with Crippen LogP contribution < -0.4 is 5.32 Å². The van der Waals surface area contributed by atoms with Crippen molar-refractivity contribution in [1.29, 1.82) is 0 Å². The molecule has 0 amide bonds. The molecule has 0 radical (unpaired) electrons. The van der Waals surface area contributed by atoms with Crippen LogP contribution in [0.4, 0.5) is 4.39 Å². The number of hydrogen-bond donors (Lipinski definition) is 1. The molecule has 3 rings (SSSR count). The molecule has 21 heavy (non-hydrogen) atoms. The average molecular weight is 304 g/mol. The summed E-state index contributed by atoms with van der Waals surface area (Å²) in [5.41, 5.74) is 2.45. The van der Waals surface area contributed by atoms with Gasteiger partial charge in [-0.25, -0.2) is 4.39 Å². The molecular formula is C17H15ClFNO. The molecule has 0 unspecified atom stereocenters. The minimum Gasteiger partial charge on any atom is -0.444 e. The molecule has 2 aromatic carbocycles. The third-order valence-corrected chi connectivity index (χ3v) is 3.79. The summed E-state index contributed by atoms with van der Waals surface area (Å²) in [7, 11) is 0. The minimum absolute atomic E-state index is 0.161. The van der Waals surface area contributed by atoms with Crippen molar-refractivity contribution >= 4 is 22.6 Å². The van der Waals surface area contributed by atoms with Crippen molar-refractivity contribution in [2.45, 2.75) is 13.0 Å². The molecule has 0 fully saturated rings. The normalized spacial score (nSPS) is 11.1. The van der Waals surface area contributed by atoms with Gasteiger partial charge in [-0.1, -0.05) is 36.4 Å². The summed E-state index contributed by atoms with van der Waals surface area (Å²) < 4.78 is 19.0. The Morgan fingerprint density at radius 1 is 1.05 bits per heavy atom. The first-order chi connectivity index (χ1) is 10.3. The predicted molar refractivity (Wildman–Crippen MR) is 83.0 cm³/mol. The van der Waals surface area contributed by atoms with Crippen LogP contribution in [0.15, 0.2) is 52.9 Å². The second kappa shape index (κ2) is 6.29. The highest BCUT2D eigenvalue weighted by molar-refractivity contribution is 6.30. The van der Waals surface area contributed by atoms with Crippen LogP contribution in [0.25, 0.3) is 11.0 Å². The van der Waals surface area contributed by atoms with E-state index in [-0.39, 0.29) is 5.82 Å². The fourth-order valence-corrected chi connectivity index (χ4v) is 2.62. The second-order valence-electron chi connectivity index (χ2n) is 4.87. The maximum atomic E-state index is 13.5. The maximum Gasteiger partial charge on any atom is 0.199 e. The Kier molecular flexibility index (Phi) is 4.23. The van der Waals surface area contributed by atoms with E-state index < -0.39 is 0 Å². The van der Waals surface area contributed by atoms with Crippen molar-refractivity contribution in [3.05, 3.63) is 70.7 Å². The quantitative estimate of drug-likeness (QED) is 0.699. The Morgan fingerprint density at radius 3 is 2.67 bits per heavy atom. The van der Waals surface area contributed by atoms with Crippen molar-refractivity contribution < 1.29 is 8.81 Å². The first-order valence-corrected chi connectivity index (χ1v) is 7.23. The minimum atomic E-state index is -0.161. The van der Waals surface area contributed by atoms with Gasteiger partial charge in [-0.3, -0.25) is 0 Å². The van der Waals surface area contributed by atoms with Crippen molar-refractivity contribution in [2.24, 2.45) is 0 Å². The van der Waals surface area contributed by atoms with E-state index in [0.717, 1.165) is 16.5 Å². The first kappa shape index (κ1) is 14.1. The van der Waals surface area contributed by atoms with E-state index in [0.29, 0.717) is 30.3 Å². The highest BCUT2D eigenvalue weighted by Crippen LogP contribution is 2.29. The lowest BCUT2D eigenvalue weighted by Gasteiger charge is -2.05. The van der Waals surface area contributed by atoms with Crippen LogP contribution in [0.5, 0.6) is 0 Å². The Hall–Kier alpha value is -1.84. The molecule has 1 aromatic heterocycles. The summed E-state index contributed by atoms with van der Waals surface area (Å²) >= 11 is 6.12. The summed E-state index contributed by atoms with van der Waals surface area (Å²) in [5, 5.41) is 4.71. The summed E-state index contributed by atoms with van der Waals surface area (Å²) in [5.74, 6) is -0.161. The van der Waals surface area contributed by atoms with Crippen LogP contribution in [-0.4, -0.2) is 6.54 Å². The summed E-state index contributed by atoms with van der Waals surface area (Å²) in [4.78, 5) is 0. The summed E-state index contributed by atoms with van der Waals surface area (Å²) in [6, 6.07) is 14.6. The zero-order valence-electron chi connectivity index (χ0n) is 11.4. The van der Waals surface area contributed by atoms with Gasteiger partial charge in [0.1, 0.15) is 11.4 Å². The van der Waals surface area contributed by atoms with Crippen LogP contribution in [0.2, 0.25) is 5.22 Å². The van der Waals surface area contributed by atoms with Gasteiger partial charge in [-0.2, -0.15) is 0 Å². The van der Waals surface area contributed by atoms with Crippen LogP contribution in [-0.2, 0) is 13.0 Å². The van der Waals surface area contributed by atoms with Gasteiger partial charge >= 0.3 is 0 Å². The summed E-state index contributed by atoms with van der Waals surface area (Å²) in [6.45, 7) is 1.28. The van der Waals surface area contributed by atoms with Gasteiger partial charge in [0.05, 0.1) is 0 Å². The molecule has 1 N–H and O–H groups in total. The molecular weight excluding hydrogens is 289 g/mol. The fourth-order valence-electron chi connectivity index (χ4n) is 2.37. The average Bonchev–Trinajstić information content (AvgIpc) is 2.81. The van der Waals surface area contributed by atoms with Gasteiger partial charge in [0.2, 0.25) is 0 Å². The van der Waals surface area contributed by atoms with E-state index in [9.17, 15) is 4.39 Å². The Morgan fingerprint density at radius 2 is 1.81 bits per heavy atom. The molecule has 0 spiro atoms. The molecule has 0 saturated heterocycles. The largest absolute Gasteiger partial charge is 0.444 e. The smallest absolute Gasteiger partial charge is 0.199 e. The standard InChI is InChI=1S/C17H15ClFNO/c18-17-14(13-6-2-4-8-16(13)21-17)11-20-10-9-12-5-1-3-7-15(12)19/h1-8,20H,9-11H2. The first-order valence-electron chi connectivity index (χ1n) is 6.86. The number of halogens is 2. The fraction of sp³-hybridized carbons (Fsp3) is 0.176. The summed E-state index contributed by atoms with van der Waals surface area (Å²) in [6.07, 6.45) is 0.639. The highest BCUT2D eigenvalue weighted by Gasteiger charge is 2.11. The number of nitrogens with one attached hydrogen (secondary N) is 1. The van der Waals surface area contributed by atoms with Crippen LogP contribution >= 0.6 is 11.6 Å². The number of para-hydroxylation sites is 1. The molecule has 2 nitrogen and oxygen atoms in total. The van der Waals surface area contributed by atoms with Gasteiger partial charge < -0.3 is 9.73 Å². The third kappa shape index (κ3) is 3.09. The molecule has 0 aliphatic carbocycles. The zero-order chi connectivity index (χ0) is 14.7. The van der Waals surface area contributed by atoms with Gasteiger partial charge in [0.25, 0.3) is 0 Å². The van der Waals surface area contributed by atoms with Crippen LogP contribution in [0.1, 0.15) is 11.1 Å². The van der Waals surface area contributed by atoms with Crippen LogP contribution in [0.3, 0.4) is 0 Å². The molecule has 0 atom stereocenters. The van der Waals surface area contributed by atoms with Gasteiger partial charge in [0, 0.05) is 17.5 Å². The van der Waals surface area contributed by atoms with Crippen LogP contribution in [0, 0.1) is 5.82 Å². The van der Waals surface area contributed by atoms with E-state index in [2.05, 4.69) is 5.32 Å².